The summed E-state index contributed by atoms with van der Waals surface area (Å²) in [7, 11) is 0. The minimum Gasteiger partial charge on any atom is -0.365 e. The summed E-state index contributed by atoms with van der Waals surface area (Å²) in [6.07, 6.45) is 1.65. The summed E-state index contributed by atoms with van der Waals surface area (Å²) in [4.78, 5) is 8.21. The monoisotopic (exact) mass is 307 g/mol. The van der Waals surface area contributed by atoms with Crippen LogP contribution >= 0.6 is 15.9 Å². The lowest BCUT2D eigenvalue weighted by Crippen LogP contribution is -2.12. The maximum absolute atomic E-state index is 5.27. The molecule has 5 nitrogen and oxygen atoms in total. The molecular weight excluding hydrogens is 294 g/mol. The molecule has 0 aliphatic carbocycles. The highest BCUT2D eigenvalue weighted by atomic mass is 79.9. The number of nitrogen functional groups attached to an aromatic ring is 1. The zero-order chi connectivity index (χ0) is 13.0. The minimum absolute atomic E-state index is 0.379. The molecule has 0 saturated heterocycles. The van der Waals surface area contributed by atoms with Crippen LogP contribution in [0.25, 0.3) is 0 Å². The SMILES string of the molecule is Cc1ccc(CNc2nc(NN)ncc2Br)cc1. The highest BCUT2D eigenvalue weighted by Crippen LogP contribution is 2.20. The average molecular weight is 308 g/mol. The van der Waals surface area contributed by atoms with E-state index >= 15 is 0 Å². The maximum Gasteiger partial charge on any atom is 0.239 e. The second kappa shape index (κ2) is 5.79. The molecule has 0 fully saturated rings. The zero-order valence-electron chi connectivity index (χ0n) is 9.94. The van der Waals surface area contributed by atoms with E-state index in [1.807, 2.05) is 0 Å². The Balaban J connectivity index is 2.07. The molecule has 0 radical (unpaired) electrons. The number of nitrogens with one attached hydrogen (secondary N) is 2. The Hall–Kier alpha value is -1.66. The molecule has 1 aromatic carbocycles. The van der Waals surface area contributed by atoms with Crippen LogP contribution in [0.3, 0.4) is 0 Å². The van der Waals surface area contributed by atoms with E-state index in [-0.39, 0.29) is 0 Å². The summed E-state index contributed by atoms with van der Waals surface area (Å²) < 4.78 is 0.800. The number of nitrogens with zero attached hydrogens (tertiary/aromatic N) is 2. The molecule has 2 aromatic rings. The number of benzene rings is 1. The van der Waals surface area contributed by atoms with Crippen molar-refractivity contribution in [1.29, 1.82) is 0 Å². The highest BCUT2D eigenvalue weighted by Gasteiger charge is 2.03. The Morgan fingerprint density at radius 2 is 2.00 bits per heavy atom. The molecule has 0 bridgehead atoms. The predicted molar refractivity (Wildman–Crippen MR) is 76.0 cm³/mol. The van der Waals surface area contributed by atoms with Crippen LogP contribution in [0.15, 0.2) is 34.9 Å². The van der Waals surface area contributed by atoms with Crippen LogP contribution in [-0.4, -0.2) is 9.97 Å². The van der Waals surface area contributed by atoms with Gasteiger partial charge >= 0.3 is 0 Å². The third-order valence-electron chi connectivity index (χ3n) is 2.45. The molecule has 0 atom stereocenters. The van der Waals surface area contributed by atoms with Gasteiger partial charge in [0.05, 0.1) is 4.47 Å². The van der Waals surface area contributed by atoms with E-state index < -0.39 is 0 Å². The van der Waals surface area contributed by atoms with Crippen LogP contribution in [0.1, 0.15) is 11.1 Å². The third-order valence-corrected chi connectivity index (χ3v) is 3.03. The first kappa shape index (κ1) is 12.8. The van der Waals surface area contributed by atoms with Crippen LogP contribution in [0, 0.1) is 6.92 Å². The molecule has 0 amide bonds. The topological polar surface area (TPSA) is 75.9 Å². The van der Waals surface area contributed by atoms with Crippen molar-refractivity contribution in [3.8, 4) is 0 Å². The lowest BCUT2D eigenvalue weighted by molar-refractivity contribution is 1.06. The van der Waals surface area contributed by atoms with Crippen molar-refractivity contribution in [3.05, 3.63) is 46.1 Å². The fraction of sp³-hybridized carbons (Fsp3) is 0.167. The summed E-state index contributed by atoms with van der Waals surface area (Å²) in [5.41, 5.74) is 4.85. The molecule has 4 N–H and O–H groups in total. The molecule has 18 heavy (non-hydrogen) atoms. The quantitative estimate of drug-likeness (QED) is 0.597. The molecular formula is C12H14BrN5. The molecule has 0 aliphatic heterocycles. The van der Waals surface area contributed by atoms with Gasteiger partial charge in [0.2, 0.25) is 5.95 Å². The van der Waals surface area contributed by atoms with E-state index in [1.165, 1.54) is 11.1 Å². The normalized spacial score (nSPS) is 10.2. The predicted octanol–water partition coefficient (Wildman–Crippen LogP) is 2.45. The number of rotatable bonds is 4. The van der Waals surface area contributed by atoms with E-state index in [1.54, 1.807) is 6.20 Å². The lowest BCUT2D eigenvalue weighted by atomic mass is 10.1. The summed E-state index contributed by atoms with van der Waals surface area (Å²) in [5, 5.41) is 3.23. The van der Waals surface area contributed by atoms with Crippen LogP contribution in [0.4, 0.5) is 11.8 Å². The van der Waals surface area contributed by atoms with E-state index in [0.717, 1.165) is 4.47 Å². The van der Waals surface area contributed by atoms with Gasteiger partial charge in [0, 0.05) is 12.7 Å². The lowest BCUT2D eigenvalue weighted by Gasteiger charge is -2.09. The van der Waals surface area contributed by atoms with Crippen molar-refractivity contribution in [2.75, 3.05) is 10.7 Å². The first-order valence-corrected chi connectivity index (χ1v) is 6.27. The molecule has 1 aromatic heterocycles. The molecule has 0 spiro atoms. The third kappa shape index (κ3) is 3.18. The van der Waals surface area contributed by atoms with E-state index in [9.17, 15) is 0 Å². The van der Waals surface area contributed by atoms with E-state index in [4.69, 9.17) is 5.84 Å². The minimum atomic E-state index is 0.379. The first-order valence-electron chi connectivity index (χ1n) is 5.47. The standard InChI is InChI=1S/C12H14BrN5/c1-8-2-4-9(5-3-8)6-15-11-10(13)7-16-12(17-11)18-14/h2-5,7H,6,14H2,1H3,(H2,15,16,17,18). The van der Waals surface area contributed by atoms with Crippen molar-refractivity contribution >= 4 is 27.7 Å². The Kier molecular flexibility index (Phi) is 4.11. The number of halogens is 1. The van der Waals surface area contributed by atoms with Gasteiger partial charge in [0.1, 0.15) is 5.82 Å². The van der Waals surface area contributed by atoms with Crippen LogP contribution in [-0.2, 0) is 6.54 Å². The molecule has 94 valence electrons. The molecule has 6 heteroatoms. The van der Waals surface area contributed by atoms with Gasteiger partial charge in [-0.2, -0.15) is 4.98 Å². The van der Waals surface area contributed by atoms with Crippen molar-refractivity contribution in [2.24, 2.45) is 5.84 Å². The number of hydrazine groups is 1. The number of aromatic nitrogens is 2. The fourth-order valence-corrected chi connectivity index (χ4v) is 1.78. The largest absolute Gasteiger partial charge is 0.365 e. The first-order chi connectivity index (χ1) is 8.69. The second-order valence-electron chi connectivity index (χ2n) is 3.87. The summed E-state index contributed by atoms with van der Waals surface area (Å²) in [6, 6.07) is 8.33. The zero-order valence-corrected chi connectivity index (χ0v) is 11.5. The average Bonchev–Trinajstić information content (AvgIpc) is 2.40. The fourth-order valence-electron chi connectivity index (χ4n) is 1.45. The van der Waals surface area contributed by atoms with Gasteiger partial charge in [-0.25, -0.2) is 10.8 Å². The van der Waals surface area contributed by atoms with Gasteiger partial charge in [-0.15, -0.1) is 0 Å². The van der Waals surface area contributed by atoms with Gasteiger partial charge < -0.3 is 5.32 Å². The van der Waals surface area contributed by atoms with Gasteiger partial charge in [0.15, 0.2) is 0 Å². The Bertz CT molecular complexity index is 526. The molecule has 2 rings (SSSR count). The van der Waals surface area contributed by atoms with Crippen LogP contribution in [0.2, 0.25) is 0 Å². The molecule has 0 unspecified atom stereocenters. The highest BCUT2D eigenvalue weighted by molar-refractivity contribution is 9.10. The molecule has 0 saturated carbocycles. The van der Waals surface area contributed by atoms with Crippen molar-refractivity contribution in [1.82, 2.24) is 9.97 Å². The van der Waals surface area contributed by atoms with E-state index in [0.29, 0.717) is 18.3 Å². The Labute approximate surface area is 114 Å². The van der Waals surface area contributed by atoms with E-state index in [2.05, 4.69) is 67.8 Å². The Morgan fingerprint density at radius 1 is 1.28 bits per heavy atom. The number of hydrogen-bond donors (Lipinski definition) is 3. The smallest absolute Gasteiger partial charge is 0.239 e. The number of hydrogen-bond acceptors (Lipinski definition) is 5. The Morgan fingerprint density at radius 3 is 2.67 bits per heavy atom. The maximum atomic E-state index is 5.27. The summed E-state index contributed by atoms with van der Waals surface area (Å²) >= 11 is 3.39. The number of anilines is 2. The van der Waals surface area contributed by atoms with Crippen molar-refractivity contribution in [3.63, 3.8) is 0 Å². The number of nitrogens with two attached hydrogens (primary N) is 1. The summed E-state index contributed by atoms with van der Waals surface area (Å²) in [6.45, 7) is 2.76. The molecule has 1 heterocycles. The van der Waals surface area contributed by atoms with Gasteiger partial charge in [-0.3, -0.25) is 5.43 Å². The van der Waals surface area contributed by atoms with Crippen molar-refractivity contribution in [2.45, 2.75) is 13.5 Å². The molecule has 0 aliphatic rings. The second-order valence-corrected chi connectivity index (χ2v) is 4.73. The van der Waals surface area contributed by atoms with Crippen molar-refractivity contribution < 1.29 is 0 Å². The van der Waals surface area contributed by atoms with Crippen LogP contribution in [0.5, 0.6) is 0 Å². The van der Waals surface area contributed by atoms with Gasteiger partial charge in [-0.05, 0) is 28.4 Å². The van der Waals surface area contributed by atoms with Gasteiger partial charge in [0.25, 0.3) is 0 Å². The number of aryl methyl sites for hydroxylation is 1. The summed E-state index contributed by atoms with van der Waals surface area (Å²) in [5.74, 6) is 6.36. The van der Waals surface area contributed by atoms with Gasteiger partial charge in [-0.1, -0.05) is 29.8 Å². The van der Waals surface area contributed by atoms with Crippen LogP contribution < -0.4 is 16.6 Å².